The van der Waals surface area contributed by atoms with Gasteiger partial charge in [-0.25, -0.2) is 0 Å². The Hall–Kier alpha value is -3.02. The van der Waals surface area contributed by atoms with Gasteiger partial charge in [0.25, 0.3) is 0 Å². The van der Waals surface area contributed by atoms with Crippen LogP contribution in [0.1, 0.15) is 30.4 Å². The van der Waals surface area contributed by atoms with Crippen LogP contribution in [0.4, 0.5) is 5.69 Å². The maximum absolute atomic E-state index is 12.0. The molecule has 1 aliphatic rings. The number of nitrogens with zero attached hydrogens (tertiary/aromatic N) is 1. The molecule has 154 valence electrons. The summed E-state index contributed by atoms with van der Waals surface area (Å²) >= 11 is 0. The van der Waals surface area contributed by atoms with Crippen molar-refractivity contribution in [3.63, 3.8) is 0 Å². The Kier molecular flexibility index (Phi) is 7.50. The molecule has 6 nitrogen and oxygen atoms in total. The molecular formula is C23H29N3O3. The number of hydrogen-bond donors (Lipinski definition) is 2. The molecule has 0 atom stereocenters. The van der Waals surface area contributed by atoms with Gasteiger partial charge in [0.1, 0.15) is 5.75 Å². The van der Waals surface area contributed by atoms with Gasteiger partial charge in [-0.2, -0.15) is 0 Å². The normalized spacial score (nSPS) is 13.2. The first kappa shape index (κ1) is 20.7. The van der Waals surface area contributed by atoms with Crippen LogP contribution in [0.3, 0.4) is 0 Å². The molecule has 2 aromatic rings. The van der Waals surface area contributed by atoms with E-state index in [9.17, 15) is 9.59 Å². The molecular weight excluding hydrogens is 366 g/mol. The van der Waals surface area contributed by atoms with E-state index in [1.807, 2.05) is 24.3 Å². The van der Waals surface area contributed by atoms with E-state index in [0.29, 0.717) is 12.3 Å². The molecule has 0 spiro atoms. The van der Waals surface area contributed by atoms with Crippen LogP contribution in [-0.2, 0) is 22.6 Å². The van der Waals surface area contributed by atoms with Gasteiger partial charge in [0.15, 0.2) is 0 Å². The van der Waals surface area contributed by atoms with Crippen molar-refractivity contribution in [1.82, 2.24) is 10.6 Å². The molecule has 0 bridgehead atoms. The van der Waals surface area contributed by atoms with E-state index in [1.54, 1.807) is 7.11 Å². The van der Waals surface area contributed by atoms with Crippen LogP contribution in [0.25, 0.3) is 0 Å². The zero-order chi connectivity index (χ0) is 20.5. The molecule has 0 aromatic heterocycles. The molecule has 1 fully saturated rings. The number of methoxy groups -OCH3 is 1. The van der Waals surface area contributed by atoms with Crippen molar-refractivity contribution < 1.29 is 14.3 Å². The summed E-state index contributed by atoms with van der Waals surface area (Å²) in [6.07, 6.45) is 4.19. The smallest absolute Gasteiger partial charge is 0.309 e. The maximum atomic E-state index is 12.0. The van der Waals surface area contributed by atoms with E-state index in [4.69, 9.17) is 4.74 Å². The van der Waals surface area contributed by atoms with E-state index >= 15 is 0 Å². The van der Waals surface area contributed by atoms with Crippen molar-refractivity contribution in [2.75, 3.05) is 31.6 Å². The van der Waals surface area contributed by atoms with Gasteiger partial charge in [0, 0.05) is 37.4 Å². The Morgan fingerprint density at radius 2 is 1.66 bits per heavy atom. The fraction of sp³-hybridized carbons (Fsp3) is 0.391. The number of anilines is 1. The topological polar surface area (TPSA) is 70.7 Å². The number of aryl methyl sites for hydroxylation is 1. The summed E-state index contributed by atoms with van der Waals surface area (Å²) in [4.78, 5) is 26.3. The van der Waals surface area contributed by atoms with Gasteiger partial charge in [-0.05, 0) is 49.4 Å². The van der Waals surface area contributed by atoms with Crippen LogP contribution in [0.15, 0.2) is 48.5 Å². The van der Waals surface area contributed by atoms with Crippen molar-refractivity contribution in [3.05, 3.63) is 59.7 Å². The Balaban J connectivity index is 1.35. The number of rotatable bonds is 8. The van der Waals surface area contributed by atoms with Gasteiger partial charge in [0.2, 0.25) is 0 Å². The lowest BCUT2D eigenvalue weighted by Crippen LogP contribution is -2.40. The Morgan fingerprint density at radius 3 is 2.38 bits per heavy atom. The average Bonchev–Trinajstić information content (AvgIpc) is 3.30. The lowest BCUT2D eigenvalue weighted by molar-refractivity contribution is -0.139. The van der Waals surface area contributed by atoms with E-state index in [-0.39, 0.29) is 6.54 Å². The van der Waals surface area contributed by atoms with Crippen molar-refractivity contribution in [1.29, 1.82) is 0 Å². The van der Waals surface area contributed by atoms with E-state index in [0.717, 1.165) is 31.5 Å². The molecule has 0 radical (unpaired) electrons. The zero-order valence-corrected chi connectivity index (χ0v) is 16.9. The number of benzene rings is 2. The highest BCUT2D eigenvalue weighted by Gasteiger charge is 2.14. The van der Waals surface area contributed by atoms with Crippen LogP contribution >= 0.6 is 0 Å². The van der Waals surface area contributed by atoms with Crippen LogP contribution in [0, 0.1) is 0 Å². The van der Waals surface area contributed by atoms with Gasteiger partial charge >= 0.3 is 11.8 Å². The van der Waals surface area contributed by atoms with E-state index in [1.165, 1.54) is 24.1 Å². The summed E-state index contributed by atoms with van der Waals surface area (Å²) in [6, 6.07) is 16.0. The highest BCUT2D eigenvalue weighted by Crippen LogP contribution is 2.20. The molecule has 2 N–H and O–H groups in total. The van der Waals surface area contributed by atoms with Crippen LogP contribution < -0.4 is 20.3 Å². The largest absolute Gasteiger partial charge is 0.496 e. The average molecular weight is 396 g/mol. The molecule has 3 rings (SSSR count). The Bertz CT molecular complexity index is 814. The number of nitrogens with one attached hydrogen (secondary N) is 2. The van der Waals surface area contributed by atoms with Crippen molar-refractivity contribution in [2.45, 2.75) is 32.2 Å². The predicted octanol–water partition coefficient (Wildman–Crippen LogP) is 2.66. The highest BCUT2D eigenvalue weighted by molar-refractivity contribution is 6.35. The summed E-state index contributed by atoms with van der Waals surface area (Å²) in [5.74, 6) is -0.556. The van der Waals surface area contributed by atoms with Crippen LogP contribution in [-0.4, -0.2) is 38.6 Å². The van der Waals surface area contributed by atoms with Gasteiger partial charge in [-0.1, -0.05) is 30.3 Å². The Labute approximate surface area is 172 Å². The van der Waals surface area contributed by atoms with Gasteiger partial charge in [-0.3, -0.25) is 9.59 Å². The first-order chi connectivity index (χ1) is 14.2. The SMILES string of the molecule is COc1ccccc1CNC(=O)C(=O)NCCCc1ccc(N2CCCC2)cc1. The third-order valence-corrected chi connectivity index (χ3v) is 5.17. The third-order valence-electron chi connectivity index (χ3n) is 5.17. The zero-order valence-electron chi connectivity index (χ0n) is 16.9. The second kappa shape index (κ2) is 10.5. The van der Waals surface area contributed by atoms with Gasteiger partial charge in [0.05, 0.1) is 7.11 Å². The van der Waals surface area contributed by atoms with Crippen molar-refractivity contribution in [3.8, 4) is 5.75 Å². The molecule has 29 heavy (non-hydrogen) atoms. The molecule has 0 unspecified atom stereocenters. The minimum atomic E-state index is -0.633. The second-order valence-corrected chi connectivity index (χ2v) is 7.21. The van der Waals surface area contributed by atoms with Crippen LogP contribution in [0.2, 0.25) is 0 Å². The quantitative estimate of drug-likeness (QED) is 0.533. The monoisotopic (exact) mass is 395 g/mol. The summed E-state index contributed by atoms with van der Waals surface area (Å²) < 4.78 is 5.24. The molecule has 1 saturated heterocycles. The lowest BCUT2D eigenvalue weighted by atomic mass is 10.1. The minimum absolute atomic E-state index is 0.250. The first-order valence-electron chi connectivity index (χ1n) is 10.2. The number of carbonyl (C=O) groups excluding carboxylic acids is 2. The standard InChI is InChI=1S/C23H29N3O3/c1-29-21-9-3-2-8-19(21)17-25-23(28)22(27)24-14-6-7-18-10-12-20(13-11-18)26-15-4-5-16-26/h2-3,8-13H,4-7,14-17H2,1H3,(H,24,27)(H,25,28). The van der Waals surface area contributed by atoms with Crippen molar-refractivity contribution >= 4 is 17.5 Å². The van der Waals surface area contributed by atoms with E-state index < -0.39 is 11.8 Å². The van der Waals surface area contributed by atoms with Gasteiger partial charge in [-0.15, -0.1) is 0 Å². The summed E-state index contributed by atoms with van der Waals surface area (Å²) in [6.45, 7) is 3.00. The molecule has 2 aromatic carbocycles. The molecule has 0 saturated carbocycles. The summed E-state index contributed by atoms with van der Waals surface area (Å²) in [5.41, 5.74) is 3.35. The van der Waals surface area contributed by atoms with Crippen LogP contribution in [0.5, 0.6) is 5.75 Å². The maximum Gasteiger partial charge on any atom is 0.309 e. The molecule has 2 amide bonds. The van der Waals surface area contributed by atoms with E-state index in [2.05, 4.69) is 39.8 Å². The molecule has 1 heterocycles. The fourth-order valence-electron chi connectivity index (χ4n) is 3.53. The lowest BCUT2D eigenvalue weighted by Gasteiger charge is -2.17. The number of amides is 2. The molecule has 1 aliphatic heterocycles. The van der Waals surface area contributed by atoms with Crippen molar-refractivity contribution in [2.24, 2.45) is 0 Å². The highest BCUT2D eigenvalue weighted by atomic mass is 16.5. The number of para-hydroxylation sites is 1. The second-order valence-electron chi connectivity index (χ2n) is 7.21. The first-order valence-corrected chi connectivity index (χ1v) is 10.2. The third kappa shape index (κ3) is 5.98. The van der Waals surface area contributed by atoms with Gasteiger partial charge < -0.3 is 20.3 Å². The predicted molar refractivity (Wildman–Crippen MR) is 114 cm³/mol. The summed E-state index contributed by atoms with van der Waals surface area (Å²) in [5, 5.41) is 5.31. The summed E-state index contributed by atoms with van der Waals surface area (Å²) in [7, 11) is 1.58. The number of ether oxygens (including phenoxy) is 1. The molecule has 0 aliphatic carbocycles. The molecule has 6 heteroatoms. The fourth-order valence-corrected chi connectivity index (χ4v) is 3.53. The minimum Gasteiger partial charge on any atom is -0.496 e. The number of hydrogen-bond acceptors (Lipinski definition) is 4. The Morgan fingerprint density at radius 1 is 0.966 bits per heavy atom. The number of carbonyl (C=O) groups is 2.